The van der Waals surface area contributed by atoms with Crippen LogP contribution in [0.25, 0.3) is 28.2 Å². The minimum absolute atomic E-state index is 0.320. The molecule has 4 aromatic carbocycles. The van der Waals surface area contributed by atoms with Gasteiger partial charge in [0, 0.05) is 21.8 Å². The van der Waals surface area contributed by atoms with Crippen molar-refractivity contribution in [1.29, 1.82) is 0 Å². The Balaban J connectivity index is 1.62. The number of hydrogen-bond donors (Lipinski definition) is 1. The third kappa shape index (κ3) is 4.97. The Morgan fingerprint density at radius 3 is 2.06 bits per heavy atom. The second-order valence-electron chi connectivity index (χ2n) is 8.08. The average Bonchev–Trinajstić information content (AvgIpc) is 3.30. The fourth-order valence-electron chi connectivity index (χ4n) is 4.03. The summed E-state index contributed by atoms with van der Waals surface area (Å²) in [7, 11) is 0. The second kappa shape index (κ2) is 10.4. The Labute approximate surface area is 213 Å². The fourth-order valence-corrected chi connectivity index (χ4v) is 4.15. The molecule has 6 heteroatoms. The van der Waals surface area contributed by atoms with Crippen LogP contribution in [0, 0.1) is 5.82 Å². The Kier molecular flexibility index (Phi) is 6.74. The molecule has 0 bridgehead atoms. The van der Waals surface area contributed by atoms with Gasteiger partial charge in [-0.2, -0.15) is 5.10 Å². The Hall–Kier alpha value is -4.48. The standard InChI is InChI=1S/C30H21ClFN3O/c31-25-13-17-27(18-14-25)35-28(21-7-3-1-4-8-21)19-24(29(35)22-9-5-2-6-10-22)20-33-34-30(36)23-11-15-26(32)16-12-23/h1-20H,(H,34,36)/b33-20-. The molecule has 0 aliphatic carbocycles. The first-order valence-corrected chi connectivity index (χ1v) is 11.7. The van der Waals surface area contributed by atoms with Crippen LogP contribution < -0.4 is 5.43 Å². The van der Waals surface area contributed by atoms with Gasteiger partial charge in [-0.05, 0) is 65.7 Å². The fraction of sp³-hybridized carbons (Fsp3) is 0. The predicted molar refractivity (Wildman–Crippen MR) is 143 cm³/mol. The van der Waals surface area contributed by atoms with Gasteiger partial charge in [0.15, 0.2) is 0 Å². The molecule has 0 saturated carbocycles. The molecule has 36 heavy (non-hydrogen) atoms. The summed E-state index contributed by atoms with van der Waals surface area (Å²) >= 11 is 6.18. The van der Waals surface area contributed by atoms with Crippen molar-refractivity contribution in [3.8, 4) is 28.2 Å². The lowest BCUT2D eigenvalue weighted by atomic mass is 10.1. The third-order valence-corrected chi connectivity index (χ3v) is 5.96. The maximum atomic E-state index is 13.2. The summed E-state index contributed by atoms with van der Waals surface area (Å²) in [4.78, 5) is 12.5. The van der Waals surface area contributed by atoms with E-state index in [2.05, 4.69) is 15.1 Å². The Morgan fingerprint density at radius 1 is 0.806 bits per heavy atom. The maximum Gasteiger partial charge on any atom is 0.271 e. The van der Waals surface area contributed by atoms with Gasteiger partial charge in [-0.15, -0.1) is 0 Å². The van der Waals surface area contributed by atoms with Crippen molar-refractivity contribution in [1.82, 2.24) is 9.99 Å². The molecule has 4 nitrogen and oxygen atoms in total. The largest absolute Gasteiger partial charge is 0.309 e. The summed E-state index contributed by atoms with van der Waals surface area (Å²) in [6.07, 6.45) is 1.63. The topological polar surface area (TPSA) is 46.4 Å². The highest BCUT2D eigenvalue weighted by Gasteiger charge is 2.18. The highest BCUT2D eigenvalue weighted by Crippen LogP contribution is 2.35. The molecule has 5 rings (SSSR count). The molecule has 1 heterocycles. The minimum Gasteiger partial charge on any atom is -0.309 e. The van der Waals surface area contributed by atoms with Gasteiger partial charge < -0.3 is 4.57 Å². The minimum atomic E-state index is -0.423. The zero-order valence-electron chi connectivity index (χ0n) is 19.1. The van der Waals surface area contributed by atoms with E-state index in [9.17, 15) is 9.18 Å². The summed E-state index contributed by atoms with van der Waals surface area (Å²) in [5.74, 6) is -0.826. The summed E-state index contributed by atoms with van der Waals surface area (Å²) in [5, 5.41) is 4.88. The number of rotatable bonds is 6. The number of amides is 1. The number of carbonyl (C=O) groups excluding carboxylic acids is 1. The van der Waals surface area contributed by atoms with Gasteiger partial charge >= 0.3 is 0 Å². The van der Waals surface area contributed by atoms with E-state index in [-0.39, 0.29) is 0 Å². The van der Waals surface area contributed by atoms with Crippen molar-refractivity contribution < 1.29 is 9.18 Å². The van der Waals surface area contributed by atoms with Crippen LogP contribution in [0.2, 0.25) is 5.02 Å². The van der Waals surface area contributed by atoms with E-state index in [1.807, 2.05) is 91.0 Å². The predicted octanol–water partition coefficient (Wildman–Crippen LogP) is 7.37. The van der Waals surface area contributed by atoms with E-state index in [4.69, 9.17) is 11.6 Å². The summed E-state index contributed by atoms with van der Waals surface area (Å²) in [6.45, 7) is 0. The molecule has 176 valence electrons. The van der Waals surface area contributed by atoms with Crippen LogP contribution in [0.4, 0.5) is 4.39 Å². The first-order valence-electron chi connectivity index (χ1n) is 11.3. The molecule has 0 spiro atoms. The average molecular weight is 494 g/mol. The van der Waals surface area contributed by atoms with E-state index in [1.54, 1.807) is 6.21 Å². The van der Waals surface area contributed by atoms with Gasteiger partial charge in [0.25, 0.3) is 5.91 Å². The van der Waals surface area contributed by atoms with Crippen LogP contribution in [0.3, 0.4) is 0 Å². The Morgan fingerprint density at radius 2 is 1.42 bits per heavy atom. The zero-order valence-corrected chi connectivity index (χ0v) is 19.9. The summed E-state index contributed by atoms with van der Waals surface area (Å²) in [5.41, 5.74) is 8.50. The smallest absolute Gasteiger partial charge is 0.271 e. The lowest BCUT2D eigenvalue weighted by molar-refractivity contribution is 0.0955. The number of nitrogens with zero attached hydrogens (tertiary/aromatic N) is 2. The highest BCUT2D eigenvalue weighted by molar-refractivity contribution is 6.30. The third-order valence-electron chi connectivity index (χ3n) is 5.71. The molecule has 0 unspecified atom stereocenters. The molecule has 1 amide bonds. The molecule has 0 radical (unpaired) electrons. The van der Waals surface area contributed by atoms with Gasteiger partial charge in [-0.1, -0.05) is 72.3 Å². The summed E-state index contributed by atoms with van der Waals surface area (Å²) < 4.78 is 15.4. The van der Waals surface area contributed by atoms with Crippen molar-refractivity contribution in [2.45, 2.75) is 0 Å². The molecular weight excluding hydrogens is 473 g/mol. The molecular formula is C30H21ClFN3O. The van der Waals surface area contributed by atoms with Crippen molar-refractivity contribution >= 4 is 23.7 Å². The molecule has 0 aliphatic rings. The van der Waals surface area contributed by atoms with Gasteiger partial charge in [-0.3, -0.25) is 4.79 Å². The second-order valence-corrected chi connectivity index (χ2v) is 8.52. The van der Waals surface area contributed by atoms with E-state index in [0.29, 0.717) is 10.6 Å². The van der Waals surface area contributed by atoms with Crippen molar-refractivity contribution in [2.75, 3.05) is 0 Å². The van der Waals surface area contributed by atoms with Gasteiger partial charge in [0.2, 0.25) is 0 Å². The zero-order chi connectivity index (χ0) is 24.9. The van der Waals surface area contributed by atoms with E-state index < -0.39 is 11.7 Å². The van der Waals surface area contributed by atoms with E-state index in [0.717, 1.165) is 33.8 Å². The molecule has 0 saturated heterocycles. The summed E-state index contributed by atoms with van der Waals surface area (Å²) in [6, 6.07) is 35.1. The van der Waals surface area contributed by atoms with Crippen LogP contribution in [0.15, 0.2) is 120 Å². The molecule has 0 atom stereocenters. The van der Waals surface area contributed by atoms with Crippen LogP contribution in [0.5, 0.6) is 0 Å². The lowest BCUT2D eigenvalue weighted by Gasteiger charge is -2.15. The van der Waals surface area contributed by atoms with Gasteiger partial charge in [-0.25, -0.2) is 9.82 Å². The van der Waals surface area contributed by atoms with E-state index >= 15 is 0 Å². The number of hydrazone groups is 1. The lowest BCUT2D eigenvalue weighted by Crippen LogP contribution is -2.17. The number of hydrogen-bond acceptors (Lipinski definition) is 2. The van der Waals surface area contributed by atoms with Crippen molar-refractivity contribution in [2.24, 2.45) is 5.10 Å². The first-order chi connectivity index (χ1) is 17.6. The van der Waals surface area contributed by atoms with Crippen LogP contribution >= 0.6 is 11.6 Å². The normalized spacial score (nSPS) is 11.1. The SMILES string of the molecule is O=C(N/N=C\c1cc(-c2ccccc2)n(-c2ccc(Cl)cc2)c1-c1ccccc1)c1ccc(F)cc1. The monoisotopic (exact) mass is 493 g/mol. The van der Waals surface area contributed by atoms with Crippen molar-refractivity contribution in [3.63, 3.8) is 0 Å². The number of carbonyl (C=O) groups is 1. The molecule has 0 fully saturated rings. The van der Waals surface area contributed by atoms with Crippen LogP contribution in [-0.2, 0) is 0 Å². The maximum absolute atomic E-state index is 13.2. The number of nitrogens with one attached hydrogen (secondary N) is 1. The number of halogens is 2. The number of aromatic nitrogens is 1. The quantitative estimate of drug-likeness (QED) is 0.195. The Bertz CT molecular complexity index is 1510. The molecule has 1 N–H and O–H groups in total. The highest BCUT2D eigenvalue weighted by atomic mass is 35.5. The van der Waals surface area contributed by atoms with Gasteiger partial charge in [0.05, 0.1) is 17.6 Å². The van der Waals surface area contributed by atoms with Crippen LogP contribution in [-0.4, -0.2) is 16.7 Å². The van der Waals surface area contributed by atoms with Gasteiger partial charge in [0.1, 0.15) is 5.82 Å². The van der Waals surface area contributed by atoms with Crippen molar-refractivity contribution in [3.05, 3.63) is 137 Å². The van der Waals surface area contributed by atoms with E-state index in [1.165, 1.54) is 24.3 Å². The van der Waals surface area contributed by atoms with Crippen LogP contribution in [0.1, 0.15) is 15.9 Å². The first kappa shape index (κ1) is 23.3. The molecule has 5 aromatic rings. The molecule has 1 aromatic heterocycles. The number of benzene rings is 4. The molecule has 0 aliphatic heterocycles.